The van der Waals surface area contributed by atoms with Crippen molar-refractivity contribution in [3.63, 3.8) is 0 Å². The molecule has 0 spiro atoms. The molecule has 0 amide bonds. The highest BCUT2D eigenvalue weighted by atomic mass is 16.6. The van der Waals surface area contributed by atoms with Gasteiger partial charge in [-0.25, -0.2) is 4.79 Å². The van der Waals surface area contributed by atoms with Crippen molar-refractivity contribution in [2.75, 3.05) is 6.61 Å². The molecule has 1 aromatic carbocycles. The SMILES string of the molecule is CCOC(=O)[C@]1([N+](=O)[O-])C=C1c1ccccc1. The second kappa shape index (κ2) is 4.01. The van der Waals surface area contributed by atoms with Crippen LogP contribution < -0.4 is 0 Å². The maximum atomic E-state index is 11.6. The molecule has 0 unspecified atom stereocenters. The van der Waals surface area contributed by atoms with Crippen LogP contribution in [0.15, 0.2) is 36.4 Å². The Hall–Kier alpha value is -2.17. The predicted octanol–water partition coefficient (Wildman–Crippen LogP) is 1.66. The molecule has 0 saturated carbocycles. The monoisotopic (exact) mass is 233 g/mol. The van der Waals surface area contributed by atoms with E-state index in [1.165, 1.54) is 6.08 Å². The highest BCUT2D eigenvalue weighted by Gasteiger charge is 2.65. The number of nitro groups is 1. The van der Waals surface area contributed by atoms with E-state index in [2.05, 4.69) is 0 Å². The Labute approximate surface area is 97.9 Å². The van der Waals surface area contributed by atoms with E-state index in [1.54, 1.807) is 31.2 Å². The molecule has 88 valence electrons. The molecule has 0 N–H and O–H groups in total. The molecule has 17 heavy (non-hydrogen) atoms. The van der Waals surface area contributed by atoms with Gasteiger partial charge in [0.15, 0.2) is 0 Å². The number of rotatable bonds is 4. The first-order chi connectivity index (χ1) is 8.13. The lowest BCUT2D eigenvalue weighted by Crippen LogP contribution is -2.36. The quantitative estimate of drug-likeness (QED) is 0.450. The fraction of sp³-hybridized carbons (Fsp3) is 0.250. The number of carbonyl (C=O) groups excluding carboxylic acids is 1. The number of hydrogen-bond acceptors (Lipinski definition) is 4. The zero-order chi connectivity index (χ0) is 12.5. The summed E-state index contributed by atoms with van der Waals surface area (Å²) in [6, 6.07) is 8.81. The molecular weight excluding hydrogens is 222 g/mol. The van der Waals surface area contributed by atoms with E-state index in [0.717, 1.165) is 0 Å². The van der Waals surface area contributed by atoms with Crippen molar-refractivity contribution in [2.24, 2.45) is 0 Å². The van der Waals surface area contributed by atoms with E-state index < -0.39 is 16.4 Å². The third-order valence-electron chi connectivity index (χ3n) is 2.64. The zero-order valence-electron chi connectivity index (χ0n) is 9.25. The second-order valence-electron chi connectivity index (χ2n) is 3.67. The van der Waals surface area contributed by atoms with Gasteiger partial charge in [-0.15, -0.1) is 0 Å². The Morgan fingerprint density at radius 1 is 1.41 bits per heavy atom. The summed E-state index contributed by atoms with van der Waals surface area (Å²) in [5.41, 5.74) is -0.684. The van der Waals surface area contributed by atoms with Crippen LogP contribution >= 0.6 is 0 Å². The van der Waals surface area contributed by atoms with Gasteiger partial charge in [0, 0.05) is 11.0 Å². The molecule has 0 heterocycles. The Balaban J connectivity index is 2.27. The number of ether oxygens (including phenoxy) is 1. The molecule has 0 saturated heterocycles. The van der Waals surface area contributed by atoms with Gasteiger partial charge in [-0.3, -0.25) is 10.1 Å². The molecular formula is C12H11NO4. The zero-order valence-corrected chi connectivity index (χ0v) is 9.25. The maximum Gasteiger partial charge on any atom is 0.394 e. The molecule has 0 aliphatic heterocycles. The Morgan fingerprint density at radius 2 is 2.06 bits per heavy atom. The third kappa shape index (κ3) is 1.69. The molecule has 5 heteroatoms. The van der Waals surface area contributed by atoms with Gasteiger partial charge in [-0.1, -0.05) is 30.3 Å². The van der Waals surface area contributed by atoms with Crippen molar-refractivity contribution in [3.8, 4) is 0 Å². The minimum atomic E-state index is -1.77. The molecule has 1 atom stereocenters. The van der Waals surface area contributed by atoms with Gasteiger partial charge in [-0.05, 0) is 12.5 Å². The summed E-state index contributed by atoms with van der Waals surface area (Å²) in [5.74, 6) is -0.816. The van der Waals surface area contributed by atoms with Crippen molar-refractivity contribution in [2.45, 2.75) is 12.5 Å². The molecule has 1 aliphatic rings. The van der Waals surface area contributed by atoms with Crippen molar-refractivity contribution < 1.29 is 14.5 Å². The van der Waals surface area contributed by atoms with Gasteiger partial charge in [0.05, 0.1) is 12.2 Å². The van der Waals surface area contributed by atoms with Crippen LogP contribution in [0, 0.1) is 10.1 Å². The Bertz CT molecular complexity index is 494. The van der Waals surface area contributed by atoms with Crippen molar-refractivity contribution in [1.29, 1.82) is 0 Å². The van der Waals surface area contributed by atoms with Crippen molar-refractivity contribution in [3.05, 3.63) is 52.1 Å². The van der Waals surface area contributed by atoms with Crippen LogP contribution in [0.5, 0.6) is 0 Å². The van der Waals surface area contributed by atoms with Crippen LogP contribution in [-0.4, -0.2) is 23.0 Å². The van der Waals surface area contributed by atoms with Crippen LogP contribution in [0.2, 0.25) is 0 Å². The second-order valence-corrected chi connectivity index (χ2v) is 3.67. The topological polar surface area (TPSA) is 69.4 Å². The molecule has 0 aromatic heterocycles. The smallest absolute Gasteiger partial charge is 0.394 e. The molecule has 1 aromatic rings. The molecule has 2 rings (SSSR count). The third-order valence-corrected chi connectivity index (χ3v) is 2.64. The molecule has 0 radical (unpaired) electrons. The number of nitrogens with zero attached hydrogens (tertiary/aromatic N) is 1. The average molecular weight is 233 g/mol. The summed E-state index contributed by atoms with van der Waals surface area (Å²) < 4.78 is 4.75. The molecule has 5 nitrogen and oxygen atoms in total. The van der Waals surface area contributed by atoms with E-state index in [0.29, 0.717) is 11.1 Å². The summed E-state index contributed by atoms with van der Waals surface area (Å²) in [5, 5.41) is 11.0. The van der Waals surface area contributed by atoms with Crippen molar-refractivity contribution >= 4 is 11.5 Å². The van der Waals surface area contributed by atoms with Gasteiger partial charge in [0.25, 0.3) is 0 Å². The molecule has 0 fully saturated rings. The first-order valence-electron chi connectivity index (χ1n) is 5.23. The van der Waals surface area contributed by atoms with Crippen LogP contribution in [0.1, 0.15) is 12.5 Å². The van der Waals surface area contributed by atoms with E-state index in [9.17, 15) is 14.9 Å². The van der Waals surface area contributed by atoms with Crippen LogP contribution in [0.25, 0.3) is 5.57 Å². The average Bonchev–Trinajstić information content (AvgIpc) is 3.07. The Morgan fingerprint density at radius 3 is 2.59 bits per heavy atom. The highest BCUT2D eigenvalue weighted by molar-refractivity contribution is 6.09. The van der Waals surface area contributed by atoms with E-state index >= 15 is 0 Å². The molecule has 0 bridgehead atoms. The van der Waals surface area contributed by atoms with E-state index in [-0.39, 0.29) is 6.61 Å². The minimum absolute atomic E-state index is 0.129. The Kier molecular flexibility index (Phi) is 2.67. The fourth-order valence-electron chi connectivity index (χ4n) is 1.73. The van der Waals surface area contributed by atoms with Gasteiger partial charge in [0.2, 0.25) is 0 Å². The highest BCUT2D eigenvalue weighted by Crippen LogP contribution is 2.46. The fourth-order valence-corrected chi connectivity index (χ4v) is 1.73. The summed E-state index contributed by atoms with van der Waals surface area (Å²) in [6.45, 7) is 1.75. The normalized spacial score (nSPS) is 21.6. The van der Waals surface area contributed by atoms with Crippen LogP contribution in [0.4, 0.5) is 0 Å². The lowest BCUT2D eigenvalue weighted by molar-refractivity contribution is -0.514. The van der Waals surface area contributed by atoms with Gasteiger partial charge >= 0.3 is 11.5 Å². The first-order valence-corrected chi connectivity index (χ1v) is 5.23. The maximum absolute atomic E-state index is 11.6. The summed E-state index contributed by atoms with van der Waals surface area (Å²) in [7, 11) is 0. The lowest BCUT2D eigenvalue weighted by atomic mass is 10.1. The number of esters is 1. The van der Waals surface area contributed by atoms with E-state index in [4.69, 9.17) is 4.74 Å². The predicted molar refractivity (Wildman–Crippen MR) is 60.8 cm³/mol. The number of benzene rings is 1. The summed E-state index contributed by atoms with van der Waals surface area (Å²) >= 11 is 0. The molecule has 1 aliphatic carbocycles. The van der Waals surface area contributed by atoms with E-state index in [1.807, 2.05) is 6.07 Å². The van der Waals surface area contributed by atoms with Gasteiger partial charge < -0.3 is 4.74 Å². The standard InChI is InChI=1S/C12H11NO4/c1-2-17-11(14)12(13(15)16)8-10(12)9-6-4-3-5-7-9/h3-8H,2H2,1H3/t12-/m0/s1. The van der Waals surface area contributed by atoms with Gasteiger partial charge in [-0.2, -0.15) is 0 Å². The van der Waals surface area contributed by atoms with Crippen LogP contribution in [-0.2, 0) is 9.53 Å². The van der Waals surface area contributed by atoms with Crippen molar-refractivity contribution in [1.82, 2.24) is 0 Å². The lowest BCUT2D eigenvalue weighted by Gasteiger charge is -2.09. The number of hydrogen-bond donors (Lipinski definition) is 0. The minimum Gasteiger partial charge on any atom is -0.460 e. The van der Waals surface area contributed by atoms with Crippen LogP contribution in [0.3, 0.4) is 0 Å². The summed E-state index contributed by atoms with van der Waals surface area (Å²) in [6.07, 6.45) is 1.33. The number of carbonyl (C=O) groups is 1. The van der Waals surface area contributed by atoms with Gasteiger partial charge in [0.1, 0.15) is 0 Å². The first kappa shape index (κ1) is 11.3. The largest absolute Gasteiger partial charge is 0.460 e. The summed E-state index contributed by atoms with van der Waals surface area (Å²) in [4.78, 5) is 22.1.